The quantitative estimate of drug-likeness (QED) is 0.321. The molecule has 3 aromatic carbocycles. The van der Waals surface area contributed by atoms with E-state index in [1.807, 2.05) is 43.3 Å². The molecule has 0 unspecified atom stereocenters. The van der Waals surface area contributed by atoms with Crippen molar-refractivity contribution in [3.63, 3.8) is 0 Å². The third-order valence-electron chi connectivity index (χ3n) is 8.28. The van der Waals surface area contributed by atoms with Crippen molar-refractivity contribution in [3.05, 3.63) is 84.2 Å². The van der Waals surface area contributed by atoms with Crippen molar-refractivity contribution in [2.45, 2.75) is 49.6 Å². The number of morpholine rings is 1. The van der Waals surface area contributed by atoms with Crippen LogP contribution in [0.2, 0.25) is 0 Å². The normalized spacial score (nSPS) is 20.3. The van der Waals surface area contributed by atoms with Gasteiger partial charge in [0.2, 0.25) is 15.9 Å². The second-order valence-electron chi connectivity index (χ2n) is 11.3. The lowest BCUT2D eigenvalue weighted by Crippen LogP contribution is -2.41. The lowest BCUT2D eigenvalue weighted by Gasteiger charge is -2.29. The Hall–Kier alpha value is -3.31. The van der Waals surface area contributed by atoms with Crippen LogP contribution in [0.25, 0.3) is 11.1 Å². The lowest BCUT2D eigenvalue weighted by atomic mass is 9.85. The van der Waals surface area contributed by atoms with Crippen molar-refractivity contribution >= 4 is 15.9 Å². The molecule has 5 rings (SSSR count). The summed E-state index contributed by atoms with van der Waals surface area (Å²) in [6, 6.07) is 20.3. The van der Waals surface area contributed by atoms with E-state index in [4.69, 9.17) is 9.47 Å². The number of sulfonamides is 1. The fourth-order valence-corrected chi connectivity index (χ4v) is 6.92. The number of hydrogen-bond acceptors (Lipinski definition) is 6. The van der Waals surface area contributed by atoms with Gasteiger partial charge in [-0.3, -0.25) is 9.69 Å². The molecule has 2 aliphatic rings. The van der Waals surface area contributed by atoms with Gasteiger partial charge >= 0.3 is 0 Å². The van der Waals surface area contributed by atoms with E-state index >= 15 is 0 Å². The fourth-order valence-electron chi connectivity index (χ4n) is 5.61. The molecule has 43 heavy (non-hydrogen) atoms. The van der Waals surface area contributed by atoms with Crippen LogP contribution in [0, 0.1) is 11.7 Å². The molecule has 3 aromatic rings. The van der Waals surface area contributed by atoms with Gasteiger partial charge in [0.05, 0.1) is 24.2 Å². The first kappa shape index (κ1) is 31.1. The first-order valence-corrected chi connectivity index (χ1v) is 16.5. The van der Waals surface area contributed by atoms with Crippen LogP contribution in [0.3, 0.4) is 0 Å². The van der Waals surface area contributed by atoms with Crippen LogP contribution in [0.1, 0.15) is 44.2 Å². The number of benzene rings is 3. The van der Waals surface area contributed by atoms with Gasteiger partial charge in [0.1, 0.15) is 18.2 Å². The summed E-state index contributed by atoms with van der Waals surface area (Å²) in [4.78, 5) is 15.3. The van der Waals surface area contributed by atoms with E-state index in [1.165, 1.54) is 12.1 Å². The highest BCUT2D eigenvalue weighted by atomic mass is 32.2. The Balaban J connectivity index is 1.08. The van der Waals surface area contributed by atoms with Crippen LogP contribution in [-0.2, 0) is 19.6 Å². The largest absolute Gasteiger partial charge is 0.492 e. The summed E-state index contributed by atoms with van der Waals surface area (Å²) in [5.74, 6) is 0.256. The second kappa shape index (κ2) is 14.4. The summed E-state index contributed by atoms with van der Waals surface area (Å²) in [7, 11) is -3.69. The van der Waals surface area contributed by atoms with Crippen LogP contribution in [0.5, 0.6) is 5.75 Å². The number of rotatable bonds is 11. The van der Waals surface area contributed by atoms with Crippen LogP contribution in [0.4, 0.5) is 4.39 Å². The Bertz CT molecular complexity index is 1440. The number of hydrogen-bond donors (Lipinski definition) is 2. The van der Waals surface area contributed by atoms with E-state index in [0.29, 0.717) is 32.3 Å². The van der Waals surface area contributed by atoms with Gasteiger partial charge in [-0.15, -0.1) is 0 Å². The van der Waals surface area contributed by atoms with Gasteiger partial charge in [0, 0.05) is 31.6 Å². The Morgan fingerprint density at radius 2 is 1.53 bits per heavy atom. The molecular formula is C33H40FN3O5S. The summed E-state index contributed by atoms with van der Waals surface area (Å²) < 4.78 is 53.5. The number of nitrogens with zero attached hydrogens (tertiary/aromatic N) is 1. The zero-order chi connectivity index (χ0) is 30.2. The monoisotopic (exact) mass is 609 g/mol. The summed E-state index contributed by atoms with van der Waals surface area (Å²) in [5.41, 5.74) is 2.73. The summed E-state index contributed by atoms with van der Waals surface area (Å²) in [6.07, 6.45) is 2.37. The van der Waals surface area contributed by atoms with E-state index in [1.54, 1.807) is 24.3 Å². The maximum Gasteiger partial charge on any atom is 0.240 e. The molecule has 0 spiro atoms. The first-order valence-electron chi connectivity index (χ1n) is 15.0. The predicted molar refractivity (Wildman–Crippen MR) is 164 cm³/mol. The molecule has 2 fully saturated rings. The average Bonchev–Trinajstić information content (AvgIpc) is 3.02. The predicted octanol–water partition coefficient (Wildman–Crippen LogP) is 4.92. The molecule has 0 radical (unpaired) electrons. The smallest absolute Gasteiger partial charge is 0.240 e. The Morgan fingerprint density at radius 1 is 0.930 bits per heavy atom. The van der Waals surface area contributed by atoms with Gasteiger partial charge in [-0.2, -0.15) is 0 Å². The van der Waals surface area contributed by atoms with E-state index < -0.39 is 10.0 Å². The van der Waals surface area contributed by atoms with E-state index in [-0.39, 0.29) is 34.6 Å². The molecule has 8 nitrogen and oxygen atoms in total. The molecule has 1 heterocycles. The van der Waals surface area contributed by atoms with Crippen molar-refractivity contribution in [3.8, 4) is 16.9 Å². The molecule has 1 saturated heterocycles. The summed E-state index contributed by atoms with van der Waals surface area (Å²) in [5, 5.41) is 3.00. The molecule has 2 N–H and O–H groups in total. The van der Waals surface area contributed by atoms with E-state index in [2.05, 4.69) is 14.9 Å². The van der Waals surface area contributed by atoms with Crippen LogP contribution in [0.15, 0.2) is 77.7 Å². The average molecular weight is 610 g/mol. The van der Waals surface area contributed by atoms with Gasteiger partial charge in [-0.05, 0) is 85.7 Å². The molecule has 0 bridgehead atoms. The van der Waals surface area contributed by atoms with Crippen molar-refractivity contribution in [2.24, 2.45) is 5.92 Å². The van der Waals surface area contributed by atoms with Crippen molar-refractivity contribution < 1.29 is 27.1 Å². The number of ether oxygens (including phenoxy) is 2. The molecule has 0 aromatic heterocycles. The Labute approximate surface area is 253 Å². The minimum atomic E-state index is -3.69. The molecule has 1 atom stereocenters. The zero-order valence-corrected chi connectivity index (χ0v) is 25.3. The summed E-state index contributed by atoms with van der Waals surface area (Å²) >= 11 is 0. The van der Waals surface area contributed by atoms with Gasteiger partial charge in [0.25, 0.3) is 0 Å². The third-order valence-corrected chi connectivity index (χ3v) is 9.82. The molecule has 10 heteroatoms. The van der Waals surface area contributed by atoms with E-state index in [9.17, 15) is 17.6 Å². The standard InChI is InChI=1S/C33H40FN3O5S/c1-24(25-2-10-29(34)11-3-25)35-33(38)28-4-12-30(13-5-28)36-43(39,40)32-16-8-27(9-17-32)26-6-14-31(15-7-26)42-23-20-37-18-21-41-22-19-37/h2-3,6-11,14-17,24,28,30,36H,4-5,12-13,18-23H2,1H3,(H,35,38)/t24-,28-,30-/m1/s1. The number of nitrogens with one attached hydrogen (secondary N) is 2. The molecule has 230 valence electrons. The second-order valence-corrected chi connectivity index (χ2v) is 13.0. The molecule has 1 saturated carbocycles. The third kappa shape index (κ3) is 8.63. The van der Waals surface area contributed by atoms with Crippen molar-refractivity contribution in [1.29, 1.82) is 0 Å². The lowest BCUT2D eigenvalue weighted by molar-refractivity contribution is -0.126. The van der Waals surface area contributed by atoms with Crippen LogP contribution in [-0.4, -0.2) is 64.7 Å². The number of halogens is 1. The zero-order valence-electron chi connectivity index (χ0n) is 24.5. The van der Waals surface area contributed by atoms with Gasteiger partial charge < -0.3 is 14.8 Å². The van der Waals surface area contributed by atoms with Crippen LogP contribution < -0.4 is 14.8 Å². The molecular weight excluding hydrogens is 569 g/mol. The van der Waals surface area contributed by atoms with Crippen molar-refractivity contribution in [1.82, 2.24) is 14.9 Å². The van der Waals surface area contributed by atoms with Crippen molar-refractivity contribution in [2.75, 3.05) is 39.5 Å². The Kier molecular flexibility index (Phi) is 10.5. The highest BCUT2D eigenvalue weighted by molar-refractivity contribution is 7.89. The fraction of sp³-hybridized carbons (Fsp3) is 0.424. The first-order chi connectivity index (χ1) is 20.8. The van der Waals surface area contributed by atoms with Crippen LogP contribution >= 0.6 is 0 Å². The van der Waals surface area contributed by atoms with E-state index in [0.717, 1.165) is 55.3 Å². The highest BCUT2D eigenvalue weighted by Gasteiger charge is 2.30. The SMILES string of the molecule is C[C@@H](NC(=O)[C@H]1CC[C@H](NS(=O)(=O)c2ccc(-c3ccc(OCCN4CCOCC4)cc3)cc2)CC1)c1ccc(F)cc1. The molecule has 1 amide bonds. The van der Waals surface area contributed by atoms with Gasteiger partial charge in [-0.1, -0.05) is 36.4 Å². The van der Waals surface area contributed by atoms with Gasteiger partial charge in [-0.25, -0.2) is 17.5 Å². The highest BCUT2D eigenvalue weighted by Crippen LogP contribution is 2.28. The maximum absolute atomic E-state index is 13.2. The number of amides is 1. The molecule has 1 aliphatic carbocycles. The Morgan fingerprint density at radius 3 is 2.16 bits per heavy atom. The number of carbonyl (C=O) groups is 1. The van der Waals surface area contributed by atoms with Gasteiger partial charge in [0.15, 0.2) is 0 Å². The minimum Gasteiger partial charge on any atom is -0.492 e. The maximum atomic E-state index is 13.2. The number of carbonyl (C=O) groups excluding carboxylic acids is 1. The topological polar surface area (TPSA) is 97.0 Å². The minimum absolute atomic E-state index is 0.0543. The molecule has 1 aliphatic heterocycles. The summed E-state index contributed by atoms with van der Waals surface area (Å²) in [6.45, 7) is 6.76.